The molecule has 1 aromatic rings. The first-order chi connectivity index (χ1) is 8.84. The van der Waals surface area contributed by atoms with E-state index in [0.29, 0.717) is 6.20 Å². The normalized spacial score (nSPS) is 10.7. The van der Waals surface area contributed by atoms with E-state index in [2.05, 4.69) is 21.5 Å². The Morgan fingerprint density at radius 1 is 1.53 bits per heavy atom. The van der Waals surface area contributed by atoms with Gasteiger partial charge in [-0.3, -0.25) is 4.79 Å². The highest BCUT2D eigenvalue weighted by molar-refractivity contribution is 6.33. The van der Waals surface area contributed by atoms with Gasteiger partial charge in [0, 0.05) is 6.20 Å². The van der Waals surface area contributed by atoms with Crippen LogP contribution in [0.25, 0.3) is 0 Å². The first-order valence-corrected chi connectivity index (χ1v) is 5.39. The molecule has 0 aliphatic carbocycles. The second kappa shape index (κ2) is 6.29. The van der Waals surface area contributed by atoms with Gasteiger partial charge in [0.05, 0.1) is 23.7 Å². The number of pyridine rings is 1. The number of anilines is 1. The van der Waals surface area contributed by atoms with Crippen molar-refractivity contribution in [3.05, 3.63) is 22.8 Å². The Bertz CT molecular complexity index is 511. The van der Waals surface area contributed by atoms with Crippen molar-refractivity contribution in [3.63, 3.8) is 0 Å². The summed E-state index contributed by atoms with van der Waals surface area (Å²) in [7, 11) is 0. The van der Waals surface area contributed by atoms with Crippen molar-refractivity contribution in [2.75, 3.05) is 18.4 Å². The number of rotatable bonds is 4. The van der Waals surface area contributed by atoms with Crippen molar-refractivity contribution >= 4 is 23.3 Å². The largest absolute Gasteiger partial charge is 0.417 e. The number of carbonyl (C=O) groups excluding carboxylic acids is 1. The van der Waals surface area contributed by atoms with E-state index in [9.17, 15) is 18.0 Å². The number of aromatic nitrogens is 1. The molecule has 0 spiro atoms. The minimum absolute atomic E-state index is 0.00877. The molecule has 0 aromatic carbocycles. The molecule has 1 rings (SSSR count). The molecule has 19 heavy (non-hydrogen) atoms. The number of halogens is 4. The third kappa shape index (κ3) is 4.67. The van der Waals surface area contributed by atoms with Gasteiger partial charge >= 0.3 is 6.18 Å². The van der Waals surface area contributed by atoms with Gasteiger partial charge in [0.2, 0.25) is 5.91 Å². The van der Waals surface area contributed by atoms with Crippen LogP contribution in [-0.2, 0) is 11.0 Å². The van der Waals surface area contributed by atoms with E-state index in [1.807, 2.05) is 0 Å². The minimum Gasteiger partial charge on any atom is -0.360 e. The van der Waals surface area contributed by atoms with E-state index in [1.165, 1.54) is 0 Å². The molecular weight excluding hydrogens is 283 g/mol. The number of amides is 1. The summed E-state index contributed by atoms with van der Waals surface area (Å²) in [5.41, 5.74) is -0.958. The summed E-state index contributed by atoms with van der Waals surface area (Å²) < 4.78 is 37.1. The van der Waals surface area contributed by atoms with E-state index in [4.69, 9.17) is 18.0 Å². The van der Waals surface area contributed by atoms with Crippen molar-refractivity contribution in [2.45, 2.75) is 6.18 Å². The molecule has 0 aliphatic heterocycles. The zero-order valence-corrected chi connectivity index (χ0v) is 10.3. The fourth-order valence-electron chi connectivity index (χ4n) is 1.10. The van der Waals surface area contributed by atoms with E-state index in [-0.39, 0.29) is 23.9 Å². The molecule has 8 heteroatoms. The molecule has 0 fully saturated rings. The lowest BCUT2D eigenvalue weighted by Gasteiger charge is -2.10. The molecule has 0 atom stereocenters. The van der Waals surface area contributed by atoms with Crippen LogP contribution in [-0.4, -0.2) is 24.0 Å². The Morgan fingerprint density at radius 2 is 2.21 bits per heavy atom. The van der Waals surface area contributed by atoms with Crippen LogP contribution in [0, 0.1) is 12.3 Å². The molecule has 0 saturated carbocycles. The second-order valence-electron chi connectivity index (χ2n) is 3.39. The Labute approximate surface area is 112 Å². The lowest BCUT2D eigenvalue weighted by molar-refractivity contribution is -0.137. The maximum absolute atomic E-state index is 12.4. The molecule has 0 aliphatic rings. The summed E-state index contributed by atoms with van der Waals surface area (Å²) in [5, 5.41) is 4.66. The standard InChI is InChI=1S/C11H9ClF3N3O/c1-2-3-16-9(19)6-18-10-8(12)4-7(5-17-10)11(13,14)15/h1,4-5H,3,6H2,(H,16,19)(H,17,18). The van der Waals surface area contributed by atoms with Crippen LogP contribution in [0.3, 0.4) is 0 Å². The zero-order valence-electron chi connectivity index (χ0n) is 9.51. The molecule has 1 amide bonds. The molecule has 0 saturated heterocycles. The molecule has 102 valence electrons. The Balaban J connectivity index is 2.66. The number of hydrogen-bond acceptors (Lipinski definition) is 3. The van der Waals surface area contributed by atoms with E-state index < -0.39 is 17.6 Å². The number of alkyl halides is 3. The fourth-order valence-corrected chi connectivity index (χ4v) is 1.33. The summed E-state index contributed by atoms with van der Waals surface area (Å²) >= 11 is 5.63. The summed E-state index contributed by atoms with van der Waals surface area (Å²) in [4.78, 5) is 14.7. The van der Waals surface area contributed by atoms with Gasteiger partial charge in [-0.05, 0) is 6.07 Å². The Kier molecular flexibility index (Phi) is 5.01. The first kappa shape index (κ1) is 15.1. The average molecular weight is 292 g/mol. The molecular formula is C11H9ClF3N3O. The van der Waals surface area contributed by atoms with Crippen LogP contribution in [0.5, 0.6) is 0 Å². The number of terminal acetylenes is 1. The highest BCUT2D eigenvalue weighted by atomic mass is 35.5. The zero-order chi connectivity index (χ0) is 14.5. The van der Waals surface area contributed by atoms with Crippen molar-refractivity contribution in [1.82, 2.24) is 10.3 Å². The molecule has 4 nitrogen and oxygen atoms in total. The first-order valence-electron chi connectivity index (χ1n) is 5.01. The van der Waals surface area contributed by atoms with Gasteiger partial charge in [0.25, 0.3) is 0 Å². The van der Waals surface area contributed by atoms with Crippen molar-refractivity contribution < 1.29 is 18.0 Å². The minimum atomic E-state index is -4.51. The predicted molar refractivity (Wildman–Crippen MR) is 64.6 cm³/mol. The maximum Gasteiger partial charge on any atom is 0.417 e. The second-order valence-corrected chi connectivity index (χ2v) is 3.79. The van der Waals surface area contributed by atoms with Gasteiger partial charge in [-0.25, -0.2) is 4.98 Å². The molecule has 2 N–H and O–H groups in total. The van der Waals surface area contributed by atoms with Crippen molar-refractivity contribution in [2.24, 2.45) is 0 Å². The number of hydrogen-bond donors (Lipinski definition) is 2. The van der Waals surface area contributed by atoms with E-state index in [0.717, 1.165) is 6.07 Å². The van der Waals surface area contributed by atoms with E-state index >= 15 is 0 Å². The molecule has 0 radical (unpaired) electrons. The topological polar surface area (TPSA) is 54.0 Å². The fraction of sp³-hybridized carbons (Fsp3) is 0.273. The van der Waals surface area contributed by atoms with Gasteiger partial charge in [0.1, 0.15) is 5.82 Å². The predicted octanol–water partition coefficient (Wildman–Crippen LogP) is 1.92. The van der Waals surface area contributed by atoms with Gasteiger partial charge in [-0.2, -0.15) is 13.2 Å². The molecule has 1 heterocycles. The van der Waals surface area contributed by atoms with Gasteiger partial charge in [0.15, 0.2) is 0 Å². The van der Waals surface area contributed by atoms with Crippen LogP contribution in [0.4, 0.5) is 19.0 Å². The third-order valence-electron chi connectivity index (χ3n) is 1.97. The lowest BCUT2D eigenvalue weighted by atomic mass is 10.3. The highest BCUT2D eigenvalue weighted by Crippen LogP contribution is 2.32. The molecule has 0 bridgehead atoms. The number of carbonyl (C=O) groups is 1. The smallest absolute Gasteiger partial charge is 0.360 e. The van der Waals surface area contributed by atoms with Crippen LogP contribution in [0.15, 0.2) is 12.3 Å². The quantitative estimate of drug-likeness (QED) is 0.833. The van der Waals surface area contributed by atoms with Crippen molar-refractivity contribution in [3.8, 4) is 12.3 Å². The summed E-state index contributed by atoms with van der Waals surface area (Å²) in [6.07, 6.45) is 1.06. The molecule has 1 aromatic heterocycles. The van der Waals surface area contributed by atoms with Crippen LogP contribution in [0.2, 0.25) is 5.02 Å². The summed E-state index contributed by atoms with van der Waals surface area (Å²) in [5.74, 6) is 1.78. The van der Waals surface area contributed by atoms with E-state index in [1.54, 1.807) is 0 Å². The van der Waals surface area contributed by atoms with Gasteiger partial charge < -0.3 is 10.6 Å². The summed E-state index contributed by atoms with van der Waals surface area (Å²) in [6, 6.07) is 0.732. The number of nitrogens with one attached hydrogen (secondary N) is 2. The van der Waals surface area contributed by atoms with Crippen molar-refractivity contribution in [1.29, 1.82) is 0 Å². The Hall–Kier alpha value is -1.94. The van der Waals surface area contributed by atoms with Crippen LogP contribution in [0.1, 0.15) is 5.56 Å². The monoisotopic (exact) mass is 291 g/mol. The summed E-state index contributed by atoms with van der Waals surface area (Å²) in [6.45, 7) is -0.131. The van der Waals surface area contributed by atoms with Gasteiger partial charge in [-0.1, -0.05) is 17.5 Å². The van der Waals surface area contributed by atoms with Crippen LogP contribution < -0.4 is 10.6 Å². The lowest BCUT2D eigenvalue weighted by Crippen LogP contribution is -2.30. The highest BCUT2D eigenvalue weighted by Gasteiger charge is 2.31. The maximum atomic E-state index is 12.4. The average Bonchev–Trinajstić information content (AvgIpc) is 2.33. The SMILES string of the molecule is C#CCNC(=O)CNc1ncc(C(F)(F)F)cc1Cl. The molecule has 0 unspecified atom stereocenters. The van der Waals surface area contributed by atoms with Crippen LogP contribution >= 0.6 is 11.6 Å². The van der Waals surface area contributed by atoms with Gasteiger partial charge in [-0.15, -0.1) is 6.42 Å². The third-order valence-corrected chi connectivity index (χ3v) is 2.26. The number of nitrogens with zero attached hydrogens (tertiary/aromatic N) is 1. The Morgan fingerprint density at radius 3 is 2.74 bits per heavy atom.